The van der Waals surface area contributed by atoms with Crippen LogP contribution in [0.5, 0.6) is 0 Å². The van der Waals surface area contributed by atoms with E-state index >= 15 is 0 Å². The molecule has 0 aromatic rings. The fourth-order valence-electron chi connectivity index (χ4n) is 12.2. The van der Waals surface area contributed by atoms with Gasteiger partial charge in [-0.25, -0.2) is 33.6 Å². The number of carboxylic acid groups (broad SMARTS) is 7. The van der Waals surface area contributed by atoms with Crippen LogP contribution in [0.25, 0.3) is 0 Å². The zero-order valence-corrected chi connectivity index (χ0v) is 54.4. The molecule has 21 rings (SSSR count). The third kappa shape index (κ3) is 22.1. The minimum absolute atomic E-state index is 0.985. The summed E-state index contributed by atoms with van der Waals surface area (Å²) >= 11 is 0. The molecule has 21 saturated heterocycles. The molecule has 0 aliphatic carbocycles. The Labute approximate surface area is 588 Å². The van der Waals surface area contributed by atoms with Crippen molar-refractivity contribution in [3.63, 3.8) is 0 Å². The highest BCUT2D eigenvalue weighted by Gasteiger charge is 2.60. The standard InChI is InChI=1S/C56H84O49/c57-22(58)8-85-1-15-43-29(71)36(78)50(92-15)100-44-16(2-86-9-23(59)60)94-52(38(80)31(44)73)102-46-18(4-88-11-25(63)64)96-54(40(82)33(46)75)104-48-20(6-90-13-27(67)68)98-56(42(84)35(48)77)105-49-21(7-91-14-28(69)70)97-55(41(83)34(49)76)103-47-19(5-89-12-26(65)66)95-53(39(81)32(47)74)101-45-17(3-87-10-24(61)62)93-51(99-43)37(79)30(45)72/h15-21,29-56,71-84H,1-14H2,(H,57,58)(H,59,60)(H,61,62)(H,63,64)(H,65,66)(H,67,68)(H,69,70)/t15-,16-,17-,18-,19-,20-,21-,29-,30?,31+,32-,33?,34?,35?,36-,37-,38-,39-,40-,41-,42-,43-,44-,45-,46-,47-,48-,49-,50-,51-,52-,53-,54-,55-,56-/m1/s1. The molecule has 21 N–H and O–H groups in total. The fourth-order valence-corrected chi connectivity index (χ4v) is 12.2. The van der Waals surface area contributed by atoms with Gasteiger partial charge in [-0.05, 0) is 0 Å². The predicted octanol–water partition coefficient (Wildman–Crippen LogP) is -14.5. The average Bonchev–Trinajstić information content (AvgIpc) is 0.791. The van der Waals surface area contributed by atoms with Gasteiger partial charge in [0.15, 0.2) is 44.0 Å². The number of aliphatic hydroxyl groups excluding tert-OH is 14. The maximum Gasteiger partial charge on any atom is 0.329 e. The summed E-state index contributed by atoms with van der Waals surface area (Å²) in [6, 6.07) is 0. The van der Waals surface area contributed by atoms with Crippen LogP contribution < -0.4 is 0 Å². The molecule has 0 saturated carbocycles. The summed E-state index contributed by atoms with van der Waals surface area (Å²) in [7, 11) is 0. The van der Waals surface area contributed by atoms with Crippen LogP contribution in [0.4, 0.5) is 0 Å². The van der Waals surface area contributed by atoms with E-state index < -0.39 is 349 Å². The van der Waals surface area contributed by atoms with E-state index in [0.717, 1.165) is 0 Å². The Morgan fingerprint density at radius 1 is 0.181 bits per heavy atom. The molecule has 105 heavy (non-hydrogen) atoms. The second-order valence-corrected chi connectivity index (χ2v) is 24.7. The van der Waals surface area contributed by atoms with Crippen LogP contribution in [0.15, 0.2) is 0 Å². The predicted molar refractivity (Wildman–Crippen MR) is 308 cm³/mol. The molecule has 21 heterocycles. The molecule has 0 spiro atoms. The fraction of sp³-hybridized carbons (Fsp3) is 0.875. The second-order valence-electron chi connectivity index (χ2n) is 24.7. The molecule has 21 fully saturated rings. The van der Waals surface area contributed by atoms with Gasteiger partial charge in [0.1, 0.15) is 217 Å². The van der Waals surface area contributed by atoms with Gasteiger partial charge in [0, 0.05) is 0 Å². The molecule has 0 aromatic heterocycles. The van der Waals surface area contributed by atoms with Gasteiger partial charge in [0.05, 0.1) is 46.2 Å². The third-order valence-corrected chi connectivity index (χ3v) is 17.1. The van der Waals surface area contributed by atoms with Crippen molar-refractivity contribution in [1.82, 2.24) is 0 Å². The number of hydrogen-bond acceptors (Lipinski definition) is 42. The van der Waals surface area contributed by atoms with Crippen molar-refractivity contribution < 1.29 is 240 Å². The summed E-state index contributed by atoms with van der Waals surface area (Å²) in [5, 5.41) is 232. The number of carboxylic acids is 7. The molecule has 21 aliphatic heterocycles. The molecular formula is C56H84O49. The van der Waals surface area contributed by atoms with E-state index in [1.807, 2.05) is 0 Å². The van der Waals surface area contributed by atoms with E-state index in [9.17, 15) is 141 Å². The Bertz CT molecular complexity index is 2300. The Kier molecular flexibility index (Phi) is 31.8. The van der Waals surface area contributed by atoms with Gasteiger partial charge in [-0.1, -0.05) is 0 Å². The summed E-state index contributed by atoms with van der Waals surface area (Å²) < 4.78 is 119. The Hall–Kier alpha value is -5.11. The summed E-state index contributed by atoms with van der Waals surface area (Å²) in [5.41, 5.74) is 0. The summed E-state index contributed by atoms with van der Waals surface area (Å²) in [4.78, 5) is 81.8. The van der Waals surface area contributed by atoms with Crippen LogP contribution in [0.1, 0.15) is 0 Å². The molecule has 35 atom stereocenters. The molecule has 602 valence electrons. The number of aliphatic hydroxyl groups is 14. The van der Waals surface area contributed by atoms with Gasteiger partial charge >= 0.3 is 41.8 Å². The van der Waals surface area contributed by atoms with Crippen molar-refractivity contribution in [3.8, 4) is 0 Å². The molecule has 0 aromatic carbocycles. The van der Waals surface area contributed by atoms with Gasteiger partial charge in [-0.2, -0.15) is 0 Å². The Morgan fingerprint density at radius 2 is 0.286 bits per heavy atom. The van der Waals surface area contributed by atoms with Crippen molar-refractivity contribution in [2.45, 2.75) is 215 Å². The summed E-state index contributed by atoms with van der Waals surface area (Å²) in [5.74, 6) is -11.2. The molecular weight excluding hydrogens is 1460 g/mol. The molecule has 21 aliphatic rings. The van der Waals surface area contributed by atoms with Gasteiger partial charge in [-0.15, -0.1) is 0 Å². The highest BCUT2D eigenvalue weighted by atomic mass is 16.8. The SMILES string of the molecule is O=C(O)COC[C@H]1O[C@@H]2O[C@H]3[C@@H](O)[C@@H](O)[C@H](O[C@@H]3COCC(=O)O)O[C@H]3C(O)[C@@H](O)[C@H](O[C@@H]3COCC(=O)O)O[C@H]3C(O)[C@@H](O)[C@H](O[C@@H]3COCC(=O)O)O[C@H]3C(O)[C@@H](O)[C@@H](O[C@H]4[C@H](O)[C@@H](O)[C@H](O[C@@H]4COCC(=O)O)O[C@H]4C(O)[C@@H](O)[C@@H](O[C@H]1[C@H](O)[C@H]2O)O[C@@H]4COCC(=O)O)O[C@@H]3COCC(=O)O. The molecule has 14 bridgehead atoms. The van der Waals surface area contributed by atoms with E-state index in [2.05, 4.69) is 0 Å². The first-order valence-electron chi connectivity index (χ1n) is 31.9. The number of carbonyl (C=O) groups is 7. The lowest BCUT2D eigenvalue weighted by molar-refractivity contribution is -0.397. The van der Waals surface area contributed by atoms with E-state index in [1.54, 1.807) is 0 Å². The van der Waals surface area contributed by atoms with Gasteiger partial charge in [0.2, 0.25) is 0 Å². The van der Waals surface area contributed by atoms with E-state index in [1.165, 1.54) is 0 Å². The van der Waals surface area contributed by atoms with Crippen LogP contribution in [0.3, 0.4) is 0 Å². The van der Waals surface area contributed by atoms with Crippen LogP contribution >= 0.6 is 0 Å². The number of ether oxygens (including phenoxy) is 21. The lowest BCUT2D eigenvalue weighted by atomic mass is 9.95. The average molecular weight is 1540 g/mol. The van der Waals surface area contributed by atoms with Gasteiger partial charge in [0.25, 0.3) is 0 Å². The highest BCUT2D eigenvalue weighted by Crippen LogP contribution is 2.40. The number of aliphatic carboxylic acids is 7. The summed E-state index contributed by atoms with van der Waals surface area (Å²) in [6.07, 6.45) is -79.3. The van der Waals surface area contributed by atoms with Crippen molar-refractivity contribution in [2.75, 3.05) is 92.5 Å². The monoisotopic (exact) mass is 1540 g/mol. The largest absolute Gasteiger partial charge is 0.480 e. The zero-order valence-electron chi connectivity index (χ0n) is 54.4. The van der Waals surface area contributed by atoms with Crippen LogP contribution in [-0.2, 0) is 133 Å². The number of hydrogen-bond donors (Lipinski definition) is 21. The lowest BCUT2D eigenvalue weighted by Gasteiger charge is -2.50. The molecule has 0 amide bonds. The van der Waals surface area contributed by atoms with E-state index in [0.29, 0.717) is 0 Å². The quantitative estimate of drug-likeness (QED) is 0.0346. The Balaban J connectivity index is 1.20. The second kappa shape index (κ2) is 39.0. The lowest BCUT2D eigenvalue weighted by Crippen LogP contribution is -2.68. The molecule has 49 nitrogen and oxygen atoms in total. The minimum atomic E-state index is -2.47. The molecule has 0 radical (unpaired) electrons. The number of rotatable bonds is 28. The summed E-state index contributed by atoms with van der Waals surface area (Å²) in [6.45, 7) is -14.7. The maximum atomic E-state index is 11.9. The van der Waals surface area contributed by atoms with Crippen LogP contribution in [-0.4, -0.2) is 456 Å². The van der Waals surface area contributed by atoms with Gasteiger partial charge < -0.3 is 207 Å². The van der Waals surface area contributed by atoms with Crippen molar-refractivity contribution in [2.24, 2.45) is 0 Å². The van der Waals surface area contributed by atoms with E-state index in [4.69, 9.17) is 99.5 Å². The first-order chi connectivity index (χ1) is 49.6. The van der Waals surface area contributed by atoms with E-state index in [-0.39, 0.29) is 0 Å². The van der Waals surface area contributed by atoms with Gasteiger partial charge in [-0.3, -0.25) is 0 Å². The maximum absolute atomic E-state index is 11.9. The third-order valence-electron chi connectivity index (χ3n) is 17.1. The van der Waals surface area contributed by atoms with Crippen LogP contribution in [0, 0.1) is 0 Å². The normalized spacial score (nSPS) is 43.5. The zero-order chi connectivity index (χ0) is 77.0. The highest BCUT2D eigenvalue weighted by molar-refractivity contribution is 5.69. The molecule has 49 heteroatoms. The van der Waals surface area contributed by atoms with Crippen molar-refractivity contribution in [1.29, 1.82) is 0 Å². The topological polar surface area (TPSA) is 738 Å². The van der Waals surface area contributed by atoms with Crippen molar-refractivity contribution >= 4 is 41.8 Å². The molecule has 4 unspecified atom stereocenters. The van der Waals surface area contributed by atoms with Crippen molar-refractivity contribution in [3.05, 3.63) is 0 Å². The first kappa shape index (κ1) is 85.5. The smallest absolute Gasteiger partial charge is 0.329 e. The Morgan fingerprint density at radius 3 is 0.381 bits per heavy atom. The van der Waals surface area contributed by atoms with Crippen LogP contribution in [0.2, 0.25) is 0 Å². The first-order valence-corrected chi connectivity index (χ1v) is 31.9. The minimum Gasteiger partial charge on any atom is -0.480 e.